The molecule has 2 fully saturated rings. The highest BCUT2D eigenvalue weighted by Gasteiger charge is 2.23. The third-order valence-electron chi connectivity index (χ3n) is 6.10. The maximum absolute atomic E-state index is 13.0. The Balaban J connectivity index is 1.61. The SMILES string of the molecule is NC(=O)CN(CCC1CCCCC1)C(=O)c1ccc(S(=O)(=O)NC[C@H]2CCCO2)cc1. The van der Waals surface area contributed by atoms with Crippen LogP contribution in [0, 0.1) is 5.92 Å². The molecule has 172 valence electrons. The molecule has 1 saturated heterocycles. The molecular weight excluding hydrogens is 418 g/mol. The minimum atomic E-state index is -3.68. The minimum Gasteiger partial charge on any atom is -0.377 e. The first kappa shape index (κ1) is 23.7. The number of nitrogens with zero attached hydrogens (tertiary/aromatic N) is 1. The summed E-state index contributed by atoms with van der Waals surface area (Å²) >= 11 is 0. The molecule has 31 heavy (non-hydrogen) atoms. The van der Waals surface area contributed by atoms with Gasteiger partial charge in [-0.15, -0.1) is 0 Å². The van der Waals surface area contributed by atoms with Crippen molar-refractivity contribution in [1.82, 2.24) is 9.62 Å². The molecule has 1 atom stereocenters. The average molecular weight is 452 g/mol. The van der Waals surface area contributed by atoms with Gasteiger partial charge in [0.05, 0.1) is 17.5 Å². The van der Waals surface area contributed by atoms with Crippen LogP contribution in [0.4, 0.5) is 0 Å². The van der Waals surface area contributed by atoms with Gasteiger partial charge in [0.25, 0.3) is 5.91 Å². The van der Waals surface area contributed by atoms with E-state index in [9.17, 15) is 18.0 Å². The number of nitrogens with one attached hydrogen (secondary N) is 1. The molecule has 0 radical (unpaired) electrons. The molecule has 0 aromatic heterocycles. The molecule has 1 aromatic rings. The first-order chi connectivity index (χ1) is 14.8. The Labute approximate surface area is 184 Å². The third kappa shape index (κ3) is 7.02. The zero-order valence-electron chi connectivity index (χ0n) is 17.9. The summed E-state index contributed by atoms with van der Waals surface area (Å²) in [5.41, 5.74) is 5.69. The van der Waals surface area contributed by atoms with Crippen molar-refractivity contribution in [1.29, 1.82) is 0 Å². The first-order valence-corrected chi connectivity index (χ1v) is 12.6. The number of hydrogen-bond donors (Lipinski definition) is 2. The second-order valence-electron chi connectivity index (χ2n) is 8.50. The van der Waals surface area contributed by atoms with Crippen molar-refractivity contribution < 1.29 is 22.7 Å². The highest BCUT2D eigenvalue weighted by molar-refractivity contribution is 7.89. The van der Waals surface area contributed by atoms with Crippen molar-refractivity contribution in [2.24, 2.45) is 11.7 Å². The molecular formula is C22H33N3O5S. The second-order valence-corrected chi connectivity index (χ2v) is 10.3. The van der Waals surface area contributed by atoms with E-state index in [0.29, 0.717) is 24.6 Å². The Kier molecular flexibility index (Phi) is 8.45. The normalized spacial score (nSPS) is 19.9. The summed E-state index contributed by atoms with van der Waals surface area (Å²) in [6.45, 7) is 1.21. The van der Waals surface area contributed by atoms with E-state index in [1.807, 2.05) is 0 Å². The number of primary amides is 1. The van der Waals surface area contributed by atoms with Gasteiger partial charge in [-0.1, -0.05) is 32.1 Å². The fourth-order valence-electron chi connectivity index (χ4n) is 4.31. The van der Waals surface area contributed by atoms with Gasteiger partial charge < -0.3 is 15.4 Å². The number of ether oxygens (including phenoxy) is 1. The fraction of sp³-hybridized carbons (Fsp3) is 0.636. The molecule has 0 spiro atoms. The molecule has 2 amide bonds. The van der Waals surface area contributed by atoms with Crippen LogP contribution < -0.4 is 10.5 Å². The standard InChI is InChI=1S/C22H33N3O5S/c23-21(26)16-25(13-12-17-5-2-1-3-6-17)22(27)18-8-10-20(11-9-18)31(28,29)24-15-19-7-4-14-30-19/h8-11,17,19,24H,1-7,12-16H2,(H2,23,26)/t19-/m1/s1. The maximum Gasteiger partial charge on any atom is 0.254 e. The monoisotopic (exact) mass is 451 g/mol. The minimum absolute atomic E-state index is 0.0886. The van der Waals surface area contributed by atoms with Gasteiger partial charge in [-0.05, 0) is 49.4 Å². The van der Waals surface area contributed by atoms with Crippen molar-refractivity contribution in [3.05, 3.63) is 29.8 Å². The van der Waals surface area contributed by atoms with Crippen LogP contribution >= 0.6 is 0 Å². The zero-order valence-corrected chi connectivity index (χ0v) is 18.7. The van der Waals surface area contributed by atoms with Crippen molar-refractivity contribution >= 4 is 21.8 Å². The van der Waals surface area contributed by atoms with Crippen LogP contribution in [0.25, 0.3) is 0 Å². The van der Waals surface area contributed by atoms with Gasteiger partial charge in [0.1, 0.15) is 0 Å². The number of nitrogens with two attached hydrogens (primary N) is 1. The predicted molar refractivity (Wildman–Crippen MR) is 117 cm³/mol. The Morgan fingerprint density at radius 1 is 1.06 bits per heavy atom. The summed E-state index contributed by atoms with van der Waals surface area (Å²) in [6, 6.07) is 5.79. The van der Waals surface area contributed by atoms with E-state index >= 15 is 0 Å². The Morgan fingerprint density at radius 3 is 2.39 bits per heavy atom. The molecule has 1 aliphatic heterocycles. The molecule has 1 saturated carbocycles. The van der Waals surface area contributed by atoms with E-state index in [1.165, 1.54) is 48.4 Å². The van der Waals surface area contributed by atoms with Crippen LogP contribution in [-0.4, -0.2) is 57.5 Å². The van der Waals surface area contributed by atoms with Crippen molar-refractivity contribution in [3.63, 3.8) is 0 Å². The average Bonchev–Trinajstić information content (AvgIpc) is 3.29. The molecule has 1 aliphatic carbocycles. The van der Waals surface area contributed by atoms with Crippen LogP contribution in [0.15, 0.2) is 29.2 Å². The summed E-state index contributed by atoms with van der Waals surface area (Å²) in [5.74, 6) is -0.306. The zero-order chi connectivity index (χ0) is 22.3. The van der Waals surface area contributed by atoms with Crippen molar-refractivity contribution in [2.75, 3.05) is 26.2 Å². The number of amides is 2. The highest BCUT2D eigenvalue weighted by atomic mass is 32.2. The lowest BCUT2D eigenvalue weighted by Gasteiger charge is -2.26. The quantitative estimate of drug-likeness (QED) is 0.564. The summed E-state index contributed by atoms with van der Waals surface area (Å²) < 4.78 is 33.0. The number of hydrogen-bond acceptors (Lipinski definition) is 5. The molecule has 0 bridgehead atoms. The fourth-order valence-corrected chi connectivity index (χ4v) is 5.37. The van der Waals surface area contributed by atoms with Gasteiger partial charge in [-0.25, -0.2) is 13.1 Å². The summed E-state index contributed by atoms with van der Waals surface area (Å²) in [4.78, 5) is 26.0. The summed E-state index contributed by atoms with van der Waals surface area (Å²) in [5, 5.41) is 0. The van der Waals surface area contributed by atoms with Gasteiger partial charge in [0, 0.05) is 25.3 Å². The summed E-state index contributed by atoms with van der Waals surface area (Å²) in [7, 11) is -3.68. The molecule has 3 rings (SSSR count). The van der Waals surface area contributed by atoms with Crippen LogP contribution in [-0.2, 0) is 19.6 Å². The van der Waals surface area contributed by atoms with E-state index in [1.54, 1.807) is 0 Å². The van der Waals surface area contributed by atoms with Crippen LogP contribution in [0.3, 0.4) is 0 Å². The van der Waals surface area contributed by atoms with Gasteiger partial charge >= 0.3 is 0 Å². The van der Waals surface area contributed by atoms with E-state index in [2.05, 4.69) is 4.72 Å². The van der Waals surface area contributed by atoms with Crippen LogP contribution in [0.5, 0.6) is 0 Å². The highest BCUT2D eigenvalue weighted by Crippen LogP contribution is 2.26. The lowest BCUT2D eigenvalue weighted by molar-refractivity contribution is -0.118. The Morgan fingerprint density at radius 2 is 1.77 bits per heavy atom. The molecule has 2 aliphatic rings. The maximum atomic E-state index is 13.0. The van der Waals surface area contributed by atoms with Gasteiger partial charge in [0.2, 0.25) is 15.9 Å². The lowest BCUT2D eigenvalue weighted by atomic mass is 9.87. The predicted octanol–water partition coefficient (Wildman–Crippen LogP) is 2.04. The first-order valence-electron chi connectivity index (χ1n) is 11.1. The second kappa shape index (κ2) is 11.1. The number of rotatable bonds is 10. The van der Waals surface area contributed by atoms with Crippen LogP contribution in [0.2, 0.25) is 0 Å². The molecule has 9 heteroatoms. The molecule has 0 unspecified atom stereocenters. The van der Waals surface area contributed by atoms with Crippen LogP contribution in [0.1, 0.15) is 61.7 Å². The number of carbonyl (C=O) groups is 2. The number of sulfonamides is 1. The summed E-state index contributed by atoms with van der Waals surface area (Å²) in [6.07, 6.45) is 8.53. The van der Waals surface area contributed by atoms with E-state index < -0.39 is 15.9 Å². The van der Waals surface area contributed by atoms with Crippen molar-refractivity contribution in [3.8, 4) is 0 Å². The van der Waals surface area contributed by atoms with Gasteiger partial charge in [-0.3, -0.25) is 9.59 Å². The molecule has 8 nitrogen and oxygen atoms in total. The third-order valence-corrected chi connectivity index (χ3v) is 7.54. The Hall–Kier alpha value is -1.97. The topological polar surface area (TPSA) is 119 Å². The van der Waals surface area contributed by atoms with E-state index in [4.69, 9.17) is 10.5 Å². The number of carbonyl (C=O) groups excluding carboxylic acids is 2. The molecule has 3 N–H and O–H groups in total. The van der Waals surface area contributed by atoms with Gasteiger partial charge in [-0.2, -0.15) is 0 Å². The smallest absolute Gasteiger partial charge is 0.254 e. The van der Waals surface area contributed by atoms with E-state index in [-0.39, 0.29) is 30.0 Å². The Bertz CT molecular complexity index is 844. The number of benzene rings is 1. The molecule has 1 aromatic carbocycles. The van der Waals surface area contributed by atoms with Gasteiger partial charge in [0.15, 0.2) is 0 Å². The molecule has 1 heterocycles. The van der Waals surface area contributed by atoms with E-state index in [0.717, 1.165) is 32.1 Å². The van der Waals surface area contributed by atoms with Crippen molar-refractivity contribution in [2.45, 2.75) is 62.4 Å². The lowest BCUT2D eigenvalue weighted by Crippen LogP contribution is -2.39. The largest absolute Gasteiger partial charge is 0.377 e.